The monoisotopic (exact) mass is 286 g/mol. The summed E-state index contributed by atoms with van der Waals surface area (Å²) in [4.78, 5) is 8.67. The van der Waals surface area contributed by atoms with Crippen molar-refractivity contribution in [1.29, 1.82) is 0 Å². The molecule has 0 fully saturated rings. The van der Waals surface area contributed by atoms with Gasteiger partial charge in [0.05, 0.1) is 5.75 Å². The zero-order valence-electron chi connectivity index (χ0n) is 11.9. The largest absolute Gasteiger partial charge is 0.370 e. The van der Waals surface area contributed by atoms with E-state index in [2.05, 4.69) is 20.6 Å². The van der Waals surface area contributed by atoms with Gasteiger partial charge in [-0.15, -0.1) is 0 Å². The van der Waals surface area contributed by atoms with E-state index in [9.17, 15) is 8.42 Å². The molecule has 1 aromatic heterocycles. The van der Waals surface area contributed by atoms with E-state index >= 15 is 0 Å². The molecular formula is C12H22N4O2S. The fourth-order valence-electron chi connectivity index (χ4n) is 1.68. The number of sulfone groups is 1. The molecule has 1 rings (SSSR count). The predicted octanol–water partition coefficient (Wildman–Crippen LogP) is 1.37. The highest BCUT2D eigenvalue weighted by atomic mass is 32.2. The van der Waals surface area contributed by atoms with E-state index in [4.69, 9.17) is 0 Å². The summed E-state index contributed by atoms with van der Waals surface area (Å²) in [6.45, 7) is 7.16. The molecule has 0 aliphatic rings. The highest BCUT2D eigenvalue weighted by molar-refractivity contribution is 7.90. The minimum atomic E-state index is -2.90. The first kappa shape index (κ1) is 15.7. The Morgan fingerprint density at radius 1 is 1.11 bits per heavy atom. The second-order valence-electron chi connectivity index (χ2n) is 4.53. The van der Waals surface area contributed by atoms with Gasteiger partial charge in [0.25, 0.3) is 0 Å². The molecule has 0 aliphatic heterocycles. The molecule has 0 saturated carbocycles. The predicted molar refractivity (Wildman–Crippen MR) is 78.5 cm³/mol. The summed E-state index contributed by atoms with van der Waals surface area (Å²) in [5, 5.41) is 6.35. The topological polar surface area (TPSA) is 84.0 Å². The Morgan fingerprint density at radius 2 is 1.68 bits per heavy atom. The third kappa shape index (κ3) is 5.42. The molecule has 2 N–H and O–H groups in total. The molecule has 1 aromatic rings. The van der Waals surface area contributed by atoms with Gasteiger partial charge in [0.15, 0.2) is 0 Å². The summed E-state index contributed by atoms with van der Waals surface area (Å²) in [5.41, 5.74) is 0.951. The quantitative estimate of drug-likeness (QED) is 0.737. The number of aryl methyl sites for hydroxylation is 1. The molecule has 19 heavy (non-hydrogen) atoms. The Labute approximate surface area is 115 Å². The molecular weight excluding hydrogens is 264 g/mol. The van der Waals surface area contributed by atoms with E-state index in [1.807, 2.05) is 20.8 Å². The lowest BCUT2D eigenvalue weighted by Gasteiger charge is -2.13. The first-order chi connectivity index (χ1) is 8.83. The highest BCUT2D eigenvalue weighted by Gasteiger charge is 2.08. The molecule has 0 bridgehead atoms. The summed E-state index contributed by atoms with van der Waals surface area (Å²) in [6, 6.07) is 0. The van der Waals surface area contributed by atoms with Gasteiger partial charge < -0.3 is 10.6 Å². The summed E-state index contributed by atoms with van der Waals surface area (Å²) in [7, 11) is -2.90. The first-order valence-corrected chi connectivity index (χ1v) is 8.40. The normalized spacial score (nSPS) is 11.4. The van der Waals surface area contributed by atoms with Crippen LogP contribution >= 0.6 is 0 Å². The fraction of sp³-hybridized carbons (Fsp3) is 0.667. The van der Waals surface area contributed by atoms with E-state index in [0.29, 0.717) is 18.8 Å². The average Bonchev–Trinajstić information content (AvgIpc) is 2.29. The third-order valence-electron chi connectivity index (χ3n) is 2.59. The Kier molecular flexibility index (Phi) is 5.53. The van der Waals surface area contributed by atoms with Gasteiger partial charge in [-0.3, -0.25) is 0 Å². The number of nitrogens with zero attached hydrogens (tertiary/aromatic N) is 2. The maximum atomic E-state index is 11.0. The van der Waals surface area contributed by atoms with Crippen molar-refractivity contribution in [1.82, 2.24) is 9.97 Å². The molecule has 0 spiro atoms. The van der Waals surface area contributed by atoms with Crippen LogP contribution in [0.5, 0.6) is 0 Å². The van der Waals surface area contributed by atoms with Crippen LogP contribution in [0.15, 0.2) is 0 Å². The summed E-state index contributed by atoms with van der Waals surface area (Å²) >= 11 is 0. The molecule has 108 valence electrons. The van der Waals surface area contributed by atoms with Crippen molar-refractivity contribution in [2.24, 2.45) is 0 Å². The van der Waals surface area contributed by atoms with E-state index in [0.717, 1.165) is 23.7 Å². The number of rotatable bonds is 7. The van der Waals surface area contributed by atoms with E-state index in [1.54, 1.807) is 0 Å². The van der Waals surface area contributed by atoms with Gasteiger partial charge in [-0.1, -0.05) is 0 Å². The highest BCUT2D eigenvalue weighted by Crippen LogP contribution is 2.19. The zero-order chi connectivity index (χ0) is 14.5. The Balaban J connectivity index is 2.67. The molecule has 0 radical (unpaired) electrons. The number of hydrogen-bond acceptors (Lipinski definition) is 6. The van der Waals surface area contributed by atoms with Crippen LogP contribution in [-0.4, -0.2) is 43.5 Å². The van der Waals surface area contributed by atoms with Crippen LogP contribution in [-0.2, 0) is 9.84 Å². The summed E-state index contributed by atoms with van der Waals surface area (Å²) in [5.74, 6) is 2.45. The van der Waals surface area contributed by atoms with Crippen LogP contribution in [0.1, 0.15) is 24.7 Å². The molecule has 6 nitrogen and oxygen atoms in total. The third-order valence-corrected chi connectivity index (χ3v) is 3.62. The zero-order valence-corrected chi connectivity index (χ0v) is 12.8. The van der Waals surface area contributed by atoms with Crippen molar-refractivity contribution in [2.75, 3.05) is 35.7 Å². The lowest BCUT2D eigenvalue weighted by molar-refractivity contribution is 0.600. The number of nitrogens with one attached hydrogen (secondary N) is 2. The number of anilines is 2. The molecule has 0 amide bonds. The van der Waals surface area contributed by atoms with E-state index in [1.165, 1.54) is 6.26 Å². The lowest BCUT2D eigenvalue weighted by atomic mass is 10.3. The fourth-order valence-corrected chi connectivity index (χ4v) is 2.35. The van der Waals surface area contributed by atoms with Gasteiger partial charge in [0.1, 0.15) is 27.3 Å². The molecule has 0 atom stereocenters. The van der Waals surface area contributed by atoms with Crippen LogP contribution in [0, 0.1) is 13.8 Å². The Hall–Kier alpha value is -1.37. The molecule has 1 heterocycles. The van der Waals surface area contributed by atoms with Gasteiger partial charge in [-0.05, 0) is 27.2 Å². The van der Waals surface area contributed by atoms with Crippen molar-refractivity contribution in [3.8, 4) is 0 Å². The van der Waals surface area contributed by atoms with Crippen molar-refractivity contribution < 1.29 is 8.42 Å². The van der Waals surface area contributed by atoms with Gasteiger partial charge in [-0.2, -0.15) is 0 Å². The van der Waals surface area contributed by atoms with Crippen molar-refractivity contribution in [3.63, 3.8) is 0 Å². The maximum Gasteiger partial charge on any atom is 0.147 e. The van der Waals surface area contributed by atoms with Crippen molar-refractivity contribution in [3.05, 3.63) is 11.4 Å². The molecule has 0 saturated heterocycles. The van der Waals surface area contributed by atoms with Gasteiger partial charge >= 0.3 is 0 Å². The minimum absolute atomic E-state index is 0.184. The van der Waals surface area contributed by atoms with Crippen molar-refractivity contribution >= 4 is 21.5 Å². The smallest absolute Gasteiger partial charge is 0.147 e. The molecule has 0 unspecified atom stereocenters. The van der Waals surface area contributed by atoms with E-state index in [-0.39, 0.29) is 5.75 Å². The summed E-state index contributed by atoms with van der Waals surface area (Å²) in [6.07, 6.45) is 1.81. The van der Waals surface area contributed by atoms with Crippen LogP contribution in [0.3, 0.4) is 0 Å². The lowest BCUT2D eigenvalue weighted by Crippen LogP contribution is -2.13. The Bertz CT molecular complexity index is 529. The number of hydrogen-bond donors (Lipinski definition) is 2. The van der Waals surface area contributed by atoms with Gasteiger partial charge in [-0.25, -0.2) is 18.4 Å². The van der Waals surface area contributed by atoms with Crippen LogP contribution < -0.4 is 10.6 Å². The molecule has 7 heteroatoms. The van der Waals surface area contributed by atoms with Gasteiger partial charge in [0, 0.05) is 24.9 Å². The first-order valence-electron chi connectivity index (χ1n) is 6.34. The molecule has 0 aromatic carbocycles. The Morgan fingerprint density at radius 3 is 2.21 bits per heavy atom. The maximum absolute atomic E-state index is 11.0. The second kappa shape index (κ2) is 6.70. The van der Waals surface area contributed by atoms with E-state index < -0.39 is 9.84 Å². The van der Waals surface area contributed by atoms with Crippen LogP contribution in [0.4, 0.5) is 11.6 Å². The molecule has 0 aliphatic carbocycles. The standard InChI is InChI=1S/C12H22N4O2S/c1-5-13-11-9(2)12(16-10(3)15-11)14-7-6-8-19(4,17)18/h5-8H2,1-4H3,(H2,13,14,15,16). The minimum Gasteiger partial charge on any atom is -0.370 e. The average molecular weight is 286 g/mol. The number of aromatic nitrogens is 2. The SMILES string of the molecule is CCNc1nc(C)nc(NCCCS(C)(=O)=O)c1C. The van der Waals surface area contributed by atoms with Crippen molar-refractivity contribution in [2.45, 2.75) is 27.2 Å². The van der Waals surface area contributed by atoms with Crippen LogP contribution in [0.25, 0.3) is 0 Å². The van der Waals surface area contributed by atoms with Crippen LogP contribution in [0.2, 0.25) is 0 Å². The second-order valence-corrected chi connectivity index (χ2v) is 6.79. The summed E-state index contributed by atoms with van der Waals surface area (Å²) < 4.78 is 22.1. The van der Waals surface area contributed by atoms with Gasteiger partial charge in [0.2, 0.25) is 0 Å².